The van der Waals surface area contributed by atoms with Gasteiger partial charge in [0.25, 0.3) is 0 Å². The van der Waals surface area contributed by atoms with Crippen molar-refractivity contribution in [1.82, 2.24) is 0 Å². The summed E-state index contributed by atoms with van der Waals surface area (Å²) in [7, 11) is 0. The van der Waals surface area contributed by atoms with Crippen LogP contribution in [0.4, 0.5) is 0 Å². The Morgan fingerprint density at radius 3 is 1.96 bits per heavy atom. The van der Waals surface area contributed by atoms with Gasteiger partial charge in [0, 0.05) is 0 Å². The Hall–Kier alpha value is -0.520. The standard InChI is InChI=1S/C24H46/c1-6-10-12-14-15-17-21-24(19-9-4,20-16-13-11-7-2)22-23(5)18-8-3/h7-8,23H,2-3,6,9-22H2,1,4-5H3. The fourth-order valence-corrected chi connectivity index (χ4v) is 4.39. The predicted octanol–water partition coefficient (Wildman–Crippen LogP) is 8.87. The van der Waals surface area contributed by atoms with Gasteiger partial charge in [0.05, 0.1) is 0 Å². The van der Waals surface area contributed by atoms with Crippen LogP contribution in [0.5, 0.6) is 0 Å². The highest BCUT2D eigenvalue weighted by molar-refractivity contribution is 4.84. The zero-order valence-electron chi connectivity index (χ0n) is 17.3. The van der Waals surface area contributed by atoms with E-state index >= 15 is 0 Å². The lowest BCUT2D eigenvalue weighted by Gasteiger charge is -2.37. The molecular weight excluding hydrogens is 288 g/mol. The van der Waals surface area contributed by atoms with Crippen LogP contribution in [0.2, 0.25) is 0 Å². The first kappa shape index (κ1) is 23.5. The third-order valence-corrected chi connectivity index (χ3v) is 5.56. The maximum atomic E-state index is 3.96. The largest absolute Gasteiger partial charge is 0.103 e. The third kappa shape index (κ3) is 11.9. The molecule has 0 amide bonds. The summed E-state index contributed by atoms with van der Waals surface area (Å²) in [4.78, 5) is 0. The molecule has 0 saturated carbocycles. The highest BCUT2D eigenvalue weighted by Gasteiger charge is 2.29. The Morgan fingerprint density at radius 1 is 0.750 bits per heavy atom. The lowest BCUT2D eigenvalue weighted by atomic mass is 9.69. The van der Waals surface area contributed by atoms with Crippen molar-refractivity contribution in [3.8, 4) is 0 Å². The molecule has 0 radical (unpaired) electrons. The molecule has 0 fully saturated rings. The Morgan fingerprint density at radius 2 is 1.38 bits per heavy atom. The van der Waals surface area contributed by atoms with E-state index in [1.54, 1.807) is 0 Å². The fraction of sp³-hybridized carbons (Fsp3) is 0.833. The molecule has 0 rings (SSSR count). The normalized spacial score (nSPS) is 15.0. The third-order valence-electron chi connectivity index (χ3n) is 5.56. The summed E-state index contributed by atoms with van der Waals surface area (Å²) in [6.07, 6.45) is 24.8. The minimum atomic E-state index is 0.586. The molecule has 0 aliphatic carbocycles. The molecule has 0 aromatic heterocycles. The summed E-state index contributed by atoms with van der Waals surface area (Å²) < 4.78 is 0. The summed E-state index contributed by atoms with van der Waals surface area (Å²) in [6, 6.07) is 0. The van der Waals surface area contributed by atoms with Crippen molar-refractivity contribution in [2.75, 3.05) is 0 Å². The van der Waals surface area contributed by atoms with Crippen LogP contribution in [-0.4, -0.2) is 0 Å². The van der Waals surface area contributed by atoms with Gasteiger partial charge in [0.15, 0.2) is 0 Å². The van der Waals surface area contributed by atoms with Crippen molar-refractivity contribution in [3.05, 3.63) is 25.3 Å². The molecule has 0 bridgehead atoms. The van der Waals surface area contributed by atoms with Crippen LogP contribution in [0, 0.1) is 11.3 Å². The molecule has 0 heterocycles. The van der Waals surface area contributed by atoms with Gasteiger partial charge in [-0.05, 0) is 56.3 Å². The molecule has 0 aliphatic heterocycles. The second-order valence-electron chi connectivity index (χ2n) is 8.14. The molecule has 0 N–H and O–H groups in total. The van der Waals surface area contributed by atoms with Gasteiger partial charge in [0.1, 0.15) is 0 Å². The van der Waals surface area contributed by atoms with Crippen LogP contribution >= 0.6 is 0 Å². The van der Waals surface area contributed by atoms with Gasteiger partial charge in [-0.1, -0.05) is 84.3 Å². The van der Waals surface area contributed by atoms with Crippen molar-refractivity contribution < 1.29 is 0 Å². The average molecular weight is 335 g/mol. The SMILES string of the molecule is C=CCCCCC(CCC)(CCCCCCCC)CC(C)CC=C. The van der Waals surface area contributed by atoms with E-state index < -0.39 is 0 Å². The van der Waals surface area contributed by atoms with Crippen molar-refractivity contribution in [3.63, 3.8) is 0 Å². The van der Waals surface area contributed by atoms with Crippen molar-refractivity contribution in [1.29, 1.82) is 0 Å². The lowest BCUT2D eigenvalue weighted by Crippen LogP contribution is -2.24. The monoisotopic (exact) mass is 334 g/mol. The van der Waals surface area contributed by atoms with Gasteiger partial charge in [-0.15, -0.1) is 13.2 Å². The van der Waals surface area contributed by atoms with Gasteiger partial charge in [-0.2, -0.15) is 0 Å². The maximum absolute atomic E-state index is 3.96. The smallest absolute Gasteiger partial charge is 0.0295 e. The minimum Gasteiger partial charge on any atom is -0.103 e. The van der Waals surface area contributed by atoms with E-state index in [4.69, 9.17) is 0 Å². The van der Waals surface area contributed by atoms with E-state index in [9.17, 15) is 0 Å². The van der Waals surface area contributed by atoms with Crippen LogP contribution < -0.4 is 0 Å². The molecule has 0 nitrogen and oxygen atoms in total. The molecule has 0 heteroatoms. The van der Waals surface area contributed by atoms with E-state index in [1.807, 2.05) is 0 Å². The Bertz CT molecular complexity index is 290. The number of hydrogen-bond acceptors (Lipinski definition) is 0. The summed E-state index contributed by atoms with van der Waals surface area (Å²) >= 11 is 0. The summed E-state index contributed by atoms with van der Waals surface area (Å²) in [5, 5.41) is 0. The number of unbranched alkanes of at least 4 members (excludes halogenated alkanes) is 7. The quantitative estimate of drug-likeness (QED) is 0.173. The van der Waals surface area contributed by atoms with Crippen LogP contribution in [-0.2, 0) is 0 Å². The Labute approximate surface area is 154 Å². The molecule has 0 aromatic rings. The van der Waals surface area contributed by atoms with Crippen LogP contribution in [0.1, 0.15) is 117 Å². The van der Waals surface area contributed by atoms with Crippen LogP contribution in [0.15, 0.2) is 25.3 Å². The molecule has 0 saturated heterocycles. The van der Waals surface area contributed by atoms with Crippen molar-refractivity contribution >= 4 is 0 Å². The number of rotatable bonds is 18. The average Bonchev–Trinajstić information content (AvgIpc) is 2.55. The highest BCUT2D eigenvalue weighted by atomic mass is 14.3. The molecule has 24 heavy (non-hydrogen) atoms. The van der Waals surface area contributed by atoms with Gasteiger partial charge < -0.3 is 0 Å². The van der Waals surface area contributed by atoms with Crippen molar-refractivity contribution in [2.45, 2.75) is 117 Å². The Kier molecular flexibility index (Phi) is 15.6. The number of hydrogen-bond donors (Lipinski definition) is 0. The van der Waals surface area contributed by atoms with Gasteiger partial charge in [-0.3, -0.25) is 0 Å². The molecule has 0 spiro atoms. The minimum absolute atomic E-state index is 0.586. The molecular formula is C24H46. The second-order valence-corrected chi connectivity index (χ2v) is 8.14. The molecule has 0 aromatic carbocycles. The van der Waals surface area contributed by atoms with E-state index in [1.165, 1.54) is 96.3 Å². The fourth-order valence-electron chi connectivity index (χ4n) is 4.39. The van der Waals surface area contributed by atoms with E-state index in [-0.39, 0.29) is 0 Å². The van der Waals surface area contributed by atoms with Gasteiger partial charge in [-0.25, -0.2) is 0 Å². The summed E-state index contributed by atoms with van der Waals surface area (Å²) in [5.74, 6) is 0.786. The first-order valence-corrected chi connectivity index (χ1v) is 10.9. The second kappa shape index (κ2) is 16.0. The van der Waals surface area contributed by atoms with Crippen molar-refractivity contribution in [2.24, 2.45) is 11.3 Å². The zero-order valence-corrected chi connectivity index (χ0v) is 17.3. The predicted molar refractivity (Wildman–Crippen MR) is 113 cm³/mol. The molecule has 2 unspecified atom stereocenters. The Balaban J connectivity index is 4.58. The zero-order chi connectivity index (χ0) is 18.1. The van der Waals surface area contributed by atoms with E-state index in [0.29, 0.717) is 5.41 Å². The van der Waals surface area contributed by atoms with Crippen LogP contribution in [0.3, 0.4) is 0 Å². The highest BCUT2D eigenvalue weighted by Crippen LogP contribution is 2.42. The van der Waals surface area contributed by atoms with Gasteiger partial charge >= 0.3 is 0 Å². The lowest BCUT2D eigenvalue weighted by molar-refractivity contribution is 0.155. The molecule has 142 valence electrons. The summed E-state index contributed by atoms with van der Waals surface area (Å²) in [5.41, 5.74) is 0.586. The first-order valence-electron chi connectivity index (χ1n) is 10.9. The van der Waals surface area contributed by atoms with E-state index in [0.717, 1.165) is 5.92 Å². The van der Waals surface area contributed by atoms with Gasteiger partial charge in [0.2, 0.25) is 0 Å². The summed E-state index contributed by atoms with van der Waals surface area (Å²) in [6.45, 7) is 14.9. The van der Waals surface area contributed by atoms with E-state index in [2.05, 4.69) is 46.1 Å². The molecule has 2 atom stereocenters. The number of allylic oxidation sites excluding steroid dienone is 2. The topological polar surface area (TPSA) is 0 Å². The van der Waals surface area contributed by atoms with Crippen LogP contribution in [0.25, 0.3) is 0 Å². The molecule has 0 aliphatic rings. The first-order chi connectivity index (χ1) is 11.6. The maximum Gasteiger partial charge on any atom is -0.0295 e.